The number of halogens is 1. The van der Waals surface area contributed by atoms with Gasteiger partial charge in [0.25, 0.3) is 0 Å². The Morgan fingerprint density at radius 2 is 2.25 bits per heavy atom. The highest BCUT2D eigenvalue weighted by molar-refractivity contribution is 14.1. The van der Waals surface area contributed by atoms with Crippen LogP contribution in [0.5, 0.6) is 5.75 Å². The van der Waals surface area contributed by atoms with E-state index in [1.807, 2.05) is 22.6 Å². The summed E-state index contributed by atoms with van der Waals surface area (Å²) < 4.78 is 0.764. The summed E-state index contributed by atoms with van der Waals surface area (Å²) in [6.07, 6.45) is 0. The van der Waals surface area contributed by atoms with E-state index in [1.54, 1.807) is 6.07 Å². The van der Waals surface area contributed by atoms with Crippen LogP contribution in [0.15, 0.2) is 18.2 Å². The molecule has 0 saturated carbocycles. The average molecular weight is 280 g/mol. The Bertz CT molecular complexity index is 316. The molecule has 0 heterocycles. The van der Waals surface area contributed by atoms with Crippen molar-refractivity contribution in [1.82, 2.24) is 0 Å². The number of nitro benzene ring substituents is 1. The van der Waals surface area contributed by atoms with E-state index in [1.165, 1.54) is 12.1 Å². The first-order chi connectivity index (χ1) is 5.65. The molecule has 6 heteroatoms. The van der Waals surface area contributed by atoms with Gasteiger partial charge in [-0.3, -0.25) is 10.1 Å². The van der Waals surface area contributed by atoms with Crippen molar-refractivity contribution in [2.75, 3.05) is 0 Å². The van der Waals surface area contributed by atoms with Crippen molar-refractivity contribution in [3.05, 3.63) is 31.9 Å². The Balaban J connectivity index is 3.21. The van der Waals surface area contributed by atoms with Gasteiger partial charge in [0, 0.05) is 9.64 Å². The smallest absolute Gasteiger partial charge is 0.314 e. The molecule has 0 fully saturated rings. The lowest BCUT2D eigenvalue weighted by atomic mass is 10.3. The zero-order chi connectivity index (χ0) is 9.14. The molecule has 1 rings (SSSR count). The molecule has 12 heavy (non-hydrogen) atoms. The van der Waals surface area contributed by atoms with Crippen LogP contribution in [-0.4, -0.2) is 4.92 Å². The average Bonchev–Trinajstić information content (AvgIpc) is 2.04. The first-order valence-electron chi connectivity index (χ1n) is 2.96. The molecule has 0 aromatic heterocycles. The first-order valence-corrected chi connectivity index (χ1v) is 4.03. The number of nitro groups is 1. The lowest BCUT2D eigenvalue weighted by Crippen LogP contribution is -2.04. The minimum absolute atomic E-state index is 0.0698. The molecular formula is C6H5IN2O3. The second-order valence-electron chi connectivity index (χ2n) is 1.99. The SMILES string of the molecule is NOc1ccc(I)cc1[N+](=O)[O-]. The number of nitrogens with zero attached hydrogens (tertiary/aromatic N) is 1. The number of nitrogens with two attached hydrogens (primary N) is 1. The molecule has 2 N–H and O–H groups in total. The predicted molar refractivity (Wildman–Crippen MR) is 50.6 cm³/mol. The van der Waals surface area contributed by atoms with Crippen LogP contribution in [0.4, 0.5) is 5.69 Å². The van der Waals surface area contributed by atoms with Crippen molar-refractivity contribution in [1.29, 1.82) is 0 Å². The molecule has 0 aliphatic heterocycles. The van der Waals surface area contributed by atoms with Gasteiger partial charge in [0.15, 0.2) is 0 Å². The summed E-state index contributed by atoms with van der Waals surface area (Å²) in [4.78, 5) is 14.2. The van der Waals surface area contributed by atoms with Gasteiger partial charge in [-0.15, -0.1) is 0 Å². The van der Waals surface area contributed by atoms with Gasteiger partial charge in [-0.1, -0.05) is 0 Å². The Hall–Kier alpha value is -0.890. The fourth-order valence-electron chi connectivity index (χ4n) is 0.733. The normalized spacial score (nSPS) is 9.50. The van der Waals surface area contributed by atoms with Crippen LogP contribution < -0.4 is 10.7 Å². The van der Waals surface area contributed by atoms with Gasteiger partial charge in [-0.25, -0.2) is 0 Å². The summed E-state index contributed by atoms with van der Waals surface area (Å²) in [5, 5.41) is 10.4. The molecule has 0 bridgehead atoms. The highest BCUT2D eigenvalue weighted by atomic mass is 127. The number of rotatable bonds is 2. The standard InChI is InChI=1S/C6H5IN2O3/c7-4-1-2-6(12-8)5(3-4)9(10)11/h1-3H,8H2. The Kier molecular flexibility index (Phi) is 2.82. The van der Waals surface area contributed by atoms with Crippen molar-refractivity contribution in [2.24, 2.45) is 5.90 Å². The van der Waals surface area contributed by atoms with E-state index in [0.717, 1.165) is 3.57 Å². The molecule has 0 saturated heterocycles. The van der Waals surface area contributed by atoms with Gasteiger partial charge >= 0.3 is 5.69 Å². The van der Waals surface area contributed by atoms with E-state index in [0.29, 0.717) is 0 Å². The molecule has 5 nitrogen and oxygen atoms in total. The lowest BCUT2D eigenvalue weighted by molar-refractivity contribution is -0.386. The molecular weight excluding hydrogens is 275 g/mol. The third-order valence-corrected chi connectivity index (χ3v) is 1.92. The Morgan fingerprint density at radius 3 is 2.75 bits per heavy atom. The van der Waals surface area contributed by atoms with Crippen molar-refractivity contribution in [3.63, 3.8) is 0 Å². The van der Waals surface area contributed by atoms with Crippen LogP contribution in [0.2, 0.25) is 0 Å². The molecule has 0 spiro atoms. The number of hydrogen-bond donors (Lipinski definition) is 1. The molecule has 1 aromatic rings. The molecule has 0 radical (unpaired) electrons. The summed E-state index contributed by atoms with van der Waals surface area (Å²) in [7, 11) is 0. The zero-order valence-electron chi connectivity index (χ0n) is 5.86. The topological polar surface area (TPSA) is 78.4 Å². The summed E-state index contributed by atoms with van der Waals surface area (Å²) in [6, 6.07) is 4.53. The maximum Gasteiger partial charge on any atom is 0.314 e. The van der Waals surface area contributed by atoms with E-state index in [2.05, 4.69) is 4.84 Å². The summed E-state index contributed by atoms with van der Waals surface area (Å²) in [5.74, 6) is 4.90. The quantitative estimate of drug-likeness (QED) is 0.505. The molecule has 0 amide bonds. The third kappa shape index (κ3) is 1.83. The highest BCUT2D eigenvalue weighted by Gasteiger charge is 2.14. The van der Waals surface area contributed by atoms with Crippen LogP contribution in [0, 0.1) is 13.7 Å². The summed E-state index contributed by atoms with van der Waals surface area (Å²) >= 11 is 1.97. The van der Waals surface area contributed by atoms with E-state index in [4.69, 9.17) is 5.90 Å². The third-order valence-electron chi connectivity index (χ3n) is 1.24. The van der Waals surface area contributed by atoms with Crippen LogP contribution in [-0.2, 0) is 0 Å². The molecule has 0 unspecified atom stereocenters. The monoisotopic (exact) mass is 280 g/mol. The van der Waals surface area contributed by atoms with Crippen LogP contribution in [0.25, 0.3) is 0 Å². The molecule has 0 atom stereocenters. The van der Waals surface area contributed by atoms with Crippen molar-refractivity contribution < 1.29 is 9.76 Å². The second kappa shape index (κ2) is 3.68. The van der Waals surface area contributed by atoms with E-state index in [9.17, 15) is 10.1 Å². The number of hydrogen-bond acceptors (Lipinski definition) is 4. The van der Waals surface area contributed by atoms with Crippen LogP contribution >= 0.6 is 22.6 Å². The molecule has 0 aliphatic rings. The Morgan fingerprint density at radius 1 is 1.58 bits per heavy atom. The van der Waals surface area contributed by atoms with Crippen LogP contribution in [0.3, 0.4) is 0 Å². The van der Waals surface area contributed by atoms with Crippen LogP contribution in [0.1, 0.15) is 0 Å². The first kappa shape index (κ1) is 9.20. The van der Waals surface area contributed by atoms with Crippen molar-refractivity contribution >= 4 is 28.3 Å². The van der Waals surface area contributed by atoms with Gasteiger partial charge in [0.1, 0.15) is 0 Å². The van der Waals surface area contributed by atoms with Gasteiger partial charge in [-0.05, 0) is 34.7 Å². The van der Waals surface area contributed by atoms with Gasteiger partial charge < -0.3 is 4.84 Å². The lowest BCUT2D eigenvalue weighted by Gasteiger charge is -1.99. The van der Waals surface area contributed by atoms with Gasteiger partial charge in [0.05, 0.1) is 4.92 Å². The van der Waals surface area contributed by atoms with E-state index in [-0.39, 0.29) is 11.4 Å². The molecule has 0 aliphatic carbocycles. The minimum Gasteiger partial charge on any atom is -0.404 e. The fraction of sp³-hybridized carbons (Fsp3) is 0. The maximum atomic E-state index is 10.4. The maximum absolute atomic E-state index is 10.4. The molecule has 1 aromatic carbocycles. The largest absolute Gasteiger partial charge is 0.404 e. The number of benzene rings is 1. The zero-order valence-corrected chi connectivity index (χ0v) is 8.02. The summed E-state index contributed by atoms with van der Waals surface area (Å²) in [5.41, 5.74) is -0.121. The Labute approximate surface area is 81.8 Å². The fourth-order valence-corrected chi connectivity index (χ4v) is 1.21. The van der Waals surface area contributed by atoms with E-state index < -0.39 is 4.92 Å². The van der Waals surface area contributed by atoms with Gasteiger partial charge in [-0.2, -0.15) is 5.90 Å². The minimum atomic E-state index is -0.537. The van der Waals surface area contributed by atoms with Crippen molar-refractivity contribution in [3.8, 4) is 5.75 Å². The highest BCUT2D eigenvalue weighted by Crippen LogP contribution is 2.27. The second-order valence-corrected chi connectivity index (χ2v) is 3.23. The van der Waals surface area contributed by atoms with Crippen molar-refractivity contribution in [2.45, 2.75) is 0 Å². The summed E-state index contributed by atoms with van der Waals surface area (Å²) in [6.45, 7) is 0. The predicted octanol–water partition coefficient (Wildman–Crippen LogP) is 1.45. The van der Waals surface area contributed by atoms with E-state index >= 15 is 0 Å². The van der Waals surface area contributed by atoms with Gasteiger partial charge in [0.2, 0.25) is 5.75 Å². The molecule has 64 valence electrons.